The summed E-state index contributed by atoms with van der Waals surface area (Å²) in [6.45, 7) is 19.0. The molecule has 234 valence electrons. The first-order valence-electron chi connectivity index (χ1n) is 16.1. The topological polar surface area (TPSA) is 65.1 Å². The average Bonchev–Trinajstić information content (AvgIpc) is 2.84. The summed E-state index contributed by atoms with van der Waals surface area (Å²) in [5.41, 5.74) is -0.163. The molecule has 0 aromatic heterocycles. The quantitative estimate of drug-likeness (QED) is 0.0971. The molecule has 0 saturated heterocycles. The Morgan fingerprint density at radius 1 is 0.825 bits per heavy atom. The lowest BCUT2D eigenvalue weighted by atomic mass is 9.95. The fourth-order valence-corrected chi connectivity index (χ4v) is 6.02. The van der Waals surface area contributed by atoms with Crippen LogP contribution in [0.15, 0.2) is 11.3 Å². The molecule has 1 amide bonds. The van der Waals surface area contributed by atoms with Gasteiger partial charge in [0.1, 0.15) is 5.60 Å². The molecule has 0 N–H and O–H groups in total. The largest absolute Gasteiger partial charge is 0.546 e. The lowest BCUT2D eigenvalue weighted by Gasteiger charge is -2.42. The SMILES string of the molecule is CCCCCCCCCCCCCCC[C@@H]1CC(O[Si](C)(C)C(C)(C)C)=C(C(=O)OC)CN1C(=O)OC(C)(C)C. The average molecular weight is 582 g/mol. The second-order valence-corrected chi connectivity index (χ2v) is 19.0. The number of hydrogen-bond donors (Lipinski definition) is 0. The lowest BCUT2D eigenvalue weighted by molar-refractivity contribution is -0.136. The van der Waals surface area contributed by atoms with Crippen molar-refractivity contribution in [2.24, 2.45) is 0 Å². The minimum atomic E-state index is -2.18. The van der Waals surface area contributed by atoms with E-state index in [4.69, 9.17) is 13.9 Å². The van der Waals surface area contributed by atoms with E-state index in [2.05, 4.69) is 40.8 Å². The molecule has 0 aromatic carbocycles. The first kappa shape index (κ1) is 36.5. The molecule has 0 spiro atoms. The van der Waals surface area contributed by atoms with Gasteiger partial charge in [0.25, 0.3) is 0 Å². The van der Waals surface area contributed by atoms with Gasteiger partial charge >= 0.3 is 12.1 Å². The van der Waals surface area contributed by atoms with Gasteiger partial charge in [0, 0.05) is 12.5 Å². The summed E-state index contributed by atoms with van der Waals surface area (Å²) >= 11 is 0. The maximum Gasteiger partial charge on any atom is 0.410 e. The van der Waals surface area contributed by atoms with Gasteiger partial charge in [-0.15, -0.1) is 0 Å². The number of esters is 1. The Labute approximate surface area is 248 Å². The maximum atomic E-state index is 13.3. The first-order chi connectivity index (χ1) is 18.6. The van der Waals surface area contributed by atoms with Gasteiger partial charge in [0.2, 0.25) is 8.32 Å². The lowest BCUT2D eigenvalue weighted by Crippen LogP contribution is -2.50. The molecule has 0 radical (unpaired) electrons. The molecule has 0 aliphatic carbocycles. The second-order valence-electron chi connectivity index (χ2n) is 14.3. The fraction of sp³-hybridized carbons (Fsp3) is 0.879. The van der Waals surface area contributed by atoms with Crippen molar-refractivity contribution in [1.29, 1.82) is 0 Å². The Bertz CT molecular complexity index is 794. The van der Waals surface area contributed by atoms with E-state index < -0.39 is 19.9 Å². The second kappa shape index (κ2) is 17.5. The highest BCUT2D eigenvalue weighted by molar-refractivity contribution is 6.74. The summed E-state index contributed by atoms with van der Waals surface area (Å²) in [5.74, 6) is 0.277. The Morgan fingerprint density at radius 2 is 1.30 bits per heavy atom. The molecule has 40 heavy (non-hydrogen) atoms. The molecule has 1 heterocycles. The van der Waals surface area contributed by atoms with Crippen molar-refractivity contribution >= 4 is 20.4 Å². The molecule has 1 aliphatic heterocycles. The van der Waals surface area contributed by atoms with E-state index in [1.807, 2.05) is 20.8 Å². The van der Waals surface area contributed by atoms with Crippen molar-refractivity contribution in [3.05, 3.63) is 11.3 Å². The predicted molar refractivity (Wildman–Crippen MR) is 169 cm³/mol. The van der Waals surface area contributed by atoms with Crippen LogP contribution in [-0.4, -0.2) is 50.6 Å². The number of carbonyl (C=O) groups excluding carboxylic acids is 2. The molecular formula is C33H63NO5Si. The minimum Gasteiger partial charge on any atom is -0.546 e. The molecule has 1 atom stereocenters. The van der Waals surface area contributed by atoms with E-state index in [9.17, 15) is 9.59 Å². The zero-order chi connectivity index (χ0) is 30.4. The molecule has 0 unspecified atom stereocenters. The van der Waals surface area contributed by atoms with E-state index in [0.717, 1.165) is 19.3 Å². The highest BCUT2D eigenvalue weighted by Gasteiger charge is 2.43. The predicted octanol–water partition coefficient (Wildman–Crippen LogP) is 9.93. The van der Waals surface area contributed by atoms with Crippen molar-refractivity contribution in [2.75, 3.05) is 13.7 Å². The van der Waals surface area contributed by atoms with E-state index in [-0.39, 0.29) is 23.7 Å². The van der Waals surface area contributed by atoms with Crippen LogP contribution >= 0.6 is 0 Å². The normalized spacial score (nSPS) is 16.8. The van der Waals surface area contributed by atoms with Crippen molar-refractivity contribution in [1.82, 2.24) is 4.90 Å². The Kier molecular flexibility index (Phi) is 15.9. The monoisotopic (exact) mass is 581 g/mol. The molecule has 1 aliphatic rings. The van der Waals surface area contributed by atoms with Crippen LogP contribution < -0.4 is 0 Å². The summed E-state index contributed by atoms with van der Waals surface area (Å²) < 4.78 is 17.6. The Morgan fingerprint density at radius 3 is 1.73 bits per heavy atom. The minimum absolute atomic E-state index is 0.00587. The van der Waals surface area contributed by atoms with Crippen molar-refractivity contribution in [2.45, 2.75) is 175 Å². The van der Waals surface area contributed by atoms with E-state index in [1.54, 1.807) is 4.90 Å². The number of ether oxygens (including phenoxy) is 2. The van der Waals surface area contributed by atoms with Crippen LogP contribution in [0.5, 0.6) is 0 Å². The zero-order valence-corrected chi connectivity index (χ0v) is 28.9. The molecule has 0 saturated carbocycles. The van der Waals surface area contributed by atoms with Gasteiger partial charge in [0.15, 0.2) is 0 Å². The fourth-order valence-electron chi connectivity index (χ4n) is 4.89. The number of nitrogens with zero attached hydrogens (tertiary/aromatic N) is 1. The van der Waals surface area contributed by atoms with E-state index in [1.165, 1.54) is 77.7 Å². The maximum absolute atomic E-state index is 13.3. The van der Waals surface area contributed by atoms with Crippen LogP contribution in [0.1, 0.15) is 145 Å². The number of hydrogen-bond acceptors (Lipinski definition) is 5. The molecule has 0 bridgehead atoms. The first-order valence-corrected chi connectivity index (χ1v) is 19.0. The third-order valence-corrected chi connectivity index (χ3v) is 12.8. The highest BCUT2D eigenvalue weighted by Crippen LogP contribution is 2.40. The summed E-state index contributed by atoms with van der Waals surface area (Å²) in [5, 5.41) is -0.00587. The number of carbonyl (C=O) groups is 2. The van der Waals surface area contributed by atoms with Crippen molar-refractivity contribution in [3.63, 3.8) is 0 Å². The summed E-state index contributed by atoms with van der Waals surface area (Å²) in [4.78, 5) is 27.8. The number of amides is 1. The van der Waals surface area contributed by atoms with Crippen LogP contribution in [0.25, 0.3) is 0 Å². The zero-order valence-electron chi connectivity index (χ0n) is 27.9. The Hall–Kier alpha value is -1.50. The molecule has 6 nitrogen and oxygen atoms in total. The molecular weight excluding hydrogens is 518 g/mol. The van der Waals surface area contributed by atoms with Gasteiger partial charge in [0.05, 0.1) is 25.0 Å². The highest BCUT2D eigenvalue weighted by atomic mass is 28.4. The van der Waals surface area contributed by atoms with Crippen LogP contribution in [0.3, 0.4) is 0 Å². The van der Waals surface area contributed by atoms with Gasteiger partial charge < -0.3 is 18.8 Å². The third kappa shape index (κ3) is 13.4. The molecule has 0 fully saturated rings. The van der Waals surface area contributed by atoms with Gasteiger partial charge in [-0.3, -0.25) is 0 Å². The summed E-state index contributed by atoms with van der Waals surface area (Å²) in [7, 11) is -0.796. The van der Waals surface area contributed by atoms with Crippen LogP contribution in [0.2, 0.25) is 18.1 Å². The van der Waals surface area contributed by atoms with Gasteiger partial charge in [-0.05, 0) is 45.3 Å². The molecule has 1 rings (SSSR count). The van der Waals surface area contributed by atoms with Crippen LogP contribution in [0, 0.1) is 0 Å². The van der Waals surface area contributed by atoms with Crippen molar-refractivity contribution in [3.8, 4) is 0 Å². The van der Waals surface area contributed by atoms with Gasteiger partial charge in [-0.2, -0.15) is 0 Å². The number of methoxy groups -OCH3 is 1. The third-order valence-electron chi connectivity index (χ3n) is 8.41. The van der Waals surface area contributed by atoms with E-state index >= 15 is 0 Å². The summed E-state index contributed by atoms with van der Waals surface area (Å²) in [6, 6.07) is -0.0595. The Balaban J connectivity index is 2.77. The molecule has 7 heteroatoms. The van der Waals surface area contributed by atoms with Crippen LogP contribution in [-0.2, 0) is 18.7 Å². The van der Waals surface area contributed by atoms with Gasteiger partial charge in [-0.25, -0.2) is 9.59 Å². The van der Waals surface area contributed by atoms with Crippen molar-refractivity contribution < 1.29 is 23.5 Å². The van der Waals surface area contributed by atoms with Gasteiger partial charge in [-0.1, -0.05) is 111 Å². The number of rotatable bonds is 17. The van der Waals surface area contributed by atoms with E-state index in [0.29, 0.717) is 17.8 Å². The standard InChI is InChI=1S/C33H63NO5Si/c1-11-12-13-14-15-16-17-18-19-20-21-22-23-24-27-25-29(39-40(9,10)33(5,6)7)28(30(35)37-8)26-34(27)31(36)38-32(2,3)4/h27H,11-26H2,1-10H3/t27-/m1/s1. The van der Waals surface area contributed by atoms with Crippen LogP contribution in [0.4, 0.5) is 4.79 Å². The number of unbranched alkanes of at least 4 members (excludes halogenated alkanes) is 12. The molecule has 0 aromatic rings. The smallest absolute Gasteiger partial charge is 0.410 e. The summed E-state index contributed by atoms with van der Waals surface area (Å²) in [6.07, 6.45) is 18.0.